The van der Waals surface area contributed by atoms with Crippen molar-refractivity contribution < 1.29 is 14.3 Å². The highest BCUT2D eigenvalue weighted by Gasteiger charge is 2.43. The first-order valence-corrected chi connectivity index (χ1v) is 8.67. The Morgan fingerprint density at radius 2 is 2.04 bits per heavy atom. The molecule has 1 aromatic rings. The third-order valence-electron chi connectivity index (χ3n) is 4.58. The highest BCUT2D eigenvalue weighted by atomic mass is 16.5. The van der Waals surface area contributed by atoms with Crippen LogP contribution in [0.15, 0.2) is 18.2 Å². The lowest BCUT2D eigenvalue weighted by molar-refractivity contribution is 0.0497. The number of hydrogen-bond donors (Lipinski definition) is 0. The van der Waals surface area contributed by atoms with Gasteiger partial charge >= 0.3 is 0 Å². The summed E-state index contributed by atoms with van der Waals surface area (Å²) in [5.74, 6) is 1.08. The predicted molar refractivity (Wildman–Crippen MR) is 92.3 cm³/mol. The zero-order valence-electron chi connectivity index (χ0n) is 14.8. The molecular weight excluding hydrogens is 304 g/mol. The van der Waals surface area contributed by atoms with Crippen LogP contribution in [-0.4, -0.2) is 36.6 Å². The molecule has 0 aromatic heterocycles. The number of carbonyl (C=O) groups excluding carboxylic acids is 1. The molecule has 1 amide bonds. The number of nitriles is 1. The summed E-state index contributed by atoms with van der Waals surface area (Å²) >= 11 is 0. The predicted octanol–water partition coefficient (Wildman–Crippen LogP) is 3.78. The Kier molecular flexibility index (Phi) is 6.08. The first kappa shape index (κ1) is 18.1. The lowest BCUT2D eigenvalue weighted by atomic mass is 9.76. The monoisotopic (exact) mass is 330 g/mol. The molecule has 5 heteroatoms. The van der Waals surface area contributed by atoms with Crippen molar-refractivity contribution in [1.82, 2.24) is 4.90 Å². The molecule has 0 atom stereocenters. The number of unbranched alkanes of at least 4 members (excludes halogenated alkanes) is 1. The maximum Gasteiger partial charge on any atom is 0.255 e. The summed E-state index contributed by atoms with van der Waals surface area (Å²) in [7, 11) is 1.71. The standard InChI is InChI=1S/C19H26N2O3/c1-4-6-12-24-16-9-8-15(13-17(16)23-5-2)18(22)21(3)19(14-20)10-7-11-19/h8-9,13H,4-7,10-12H2,1-3H3. The van der Waals surface area contributed by atoms with E-state index in [1.807, 2.05) is 6.92 Å². The van der Waals surface area contributed by atoms with E-state index < -0.39 is 5.54 Å². The van der Waals surface area contributed by atoms with Gasteiger partial charge in [0, 0.05) is 12.6 Å². The van der Waals surface area contributed by atoms with E-state index in [0.29, 0.717) is 30.3 Å². The summed E-state index contributed by atoms with van der Waals surface area (Å²) < 4.78 is 11.4. The van der Waals surface area contributed by atoms with E-state index >= 15 is 0 Å². The summed E-state index contributed by atoms with van der Waals surface area (Å²) in [4.78, 5) is 14.3. The second kappa shape index (κ2) is 8.05. The van der Waals surface area contributed by atoms with Crippen LogP contribution in [0.4, 0.5) is 0 Å². The minimum absolute atomic E-state index is 0.155. The molecule has 1 aromatic carbocycles. The molecule has 1 aliphatic rings. The van der Waals surface area contributed by atoms with Gasteiger partial charge < -0.3 is 14.4 Å². The maximum absolute atomic E-state index is 12.7. The number of nitrogens with zero attached hydrogens (tertiary/aromatic N) is 2. The molecule has 0 unspecified atom stereocenters. The van der Waals surface area contributed by atoms with Crippen molar-refractivity contribution in [2.24, 2.45) is 0 Å². The number of carbonyl (C=O) groups is 1. The van der Waals surface area contributed by atoms with Gasteiger partial charge in [0.15, 0.2) is 11.5 Å². The average molecular weight is 330 g/mol. The zero-order valence-corrected chi connectivity index (χ0v) is 14.8. The molecule has 24 heavy (non-hydrogen) atoms. The first-order valence-electron chi connectivity index (χ1n) is 8.67. The highest BCUT2D eigenvalue weighted by molar-refractivity contribution is 5.95. The molecule has 0 radical (unpaired) electrons. The lowest BCUT2D eigenvalue weighted by Gasteiger charge is -2.42. The molecule has 1 fully saturated rings. The van der Waals surface area contributed by atoms with Crippen molar-refractivity contribution in [3.63, 3.8) is 0 Å². The second-order valence-corrected chi connectivity index (χ2v) is 6.16. The van der Waals surface area contributed by atoms with Crippen LogP contribution in [0.25, 0.3) is 0 Å². The Bertz CT molecular complexity index is 618. The molecule has 0 N–H and O–H groups in total. The molecule has 130 valence electrons. The molecule has 0 saturated heterocycles. The topological polar surface area (TPSA) is 62.6 Å². The Morgan fingerprint density at radius 3 is 2.58 bits per heavy atom. The van der Waals surface area contributed by atoms with Gasteiger partial charge in [0.1, 0.15) is 5.54 Å². The highest BCUT2D eigenvalue weighted by Crippen LogP contribution is 2.37. The Hall–Kier alpha value is -2.22. The largest absolute Gasteiger partial charge is 0.490 e. The summed E-state index contributed by atoms with van der Waals surface area (Å²) in [6.07, 6.45) is 4.49. The number of amides is 1. The first-order chi connectivity index (χ1) is 11.6. The van der Waals surface area contributed by atoms with E-state index in [1.54, 1.807) is 30.1 Å². The van der Waals surface area contributed by atoms with E-state index in [2.05, 4.69) is 13.0 Å². The quantitative estimate of drug-likeness (QED) is 0.681. The van der Waals surface area contributed by atoms with Crippen LogP contribution in [0, 0.1) is 11.3 Å². The third-order valence-corrected chi connectivity index (χ3v) is 4.58. The molecule has 2 rings (SSSR count). The molecule has 0 spiro atoms. The van der Waals surface area contributed by atoms with Crippen molar-refractivity contribution >= 4 is 5.91 Å². The Balaban J connectivity index is 2.19. The van der Waals surface area contributed by atoms with Crippen LogP contribution < -0.4 is 9.47 Å². The number of benzene rings is 1. The van der Waals surface area contributed by atoms with Crippen molar-refractivity contribution in [1.29, 1.82) is 5.26 Å². The molecule has 0 heterocycles. The Morgan fingerprint density at radius 1 is 1.29 bits per heavy atom. The minimum Gasteiger partial charge on any atom is -0.490 e. The van der Waals surface area contributed by atoms with Crippen LogP contribution in [0.3, 0.4) is 0 Å². The normalized spacial score (nSPS) is 15.1. The van der Waals surface area contributed by atoms with E-state index in [0.717, 1.165) is 32.1 Å². The van der Waals surface area contributed by atoms with Crippen LogP contribution in [-0.2, 0) is 0 Å². The van der Waals surface area contributed by atoms with Gasteiger partial charge in [-0.05, 0) is 50.8 Å². The number of hydrogen-bond acceptors (Lipinski definition) is 4. The van der Waals surface area contributed by atoms with Gasteiger partial charge in [0.05, 0.1) is 19.3 Å². The van der Waals surface area contributed by atoms with Crippen LogP contribution >= 0.6 is 0 Å². The van der Waals surface area contributed by atoms with Crippen molar-refractivity contribution in [2.45, 2.75) is 51.5 Å². The van der Waals surface area contributed by atoms with Crippen LogP contribution in [0.1, 0.15) is 56.3 Å². The fourth-order valence-corrected chi connectivity index (χ4v) is 2.78. The van der Waals surface area contributed by atoms with Crippen LogP contribution in [0.2, 0.25) is 0 Å². The Labute approximate surface area is 144 Å². The second-order valence-electron chi connectivity index (χ2n) is 6.16. The average Bonchev–Trinajstić information content (AvgIpc) is 2.55. The van der Waals surface area contributed by atoms with Gasteiger partial charge in [-0.15, -0.1) is 0 Å². The van der Waals surface area contributed by atoms with E-state index in [-0.39, 0.29) is 5.91 Å². The summed E-state index contributed by atoms with van der Waals surface area (Å²) in [6, 6.07) is 7.54. The van der Waals surface area contributed by atoms with E-state index in [9.17, 15) is 10.1 Å². The minimum atomic E-state index is -0.654. The fraction of sp³-hybridized carbons (Fsp3) is 0.579. The van der Waals surface area contributed by atoms with Crippen molar-refractivity contribution in [3.8, 4) is 17.6 Å². The van der Waals surface area contributed by atoms with Gasteiger partial charge in [-0.3, -0.25) is 4.79 Å². The fourth-order valence-electron chi connectivity index (χ4n) is 2.78. The molecular formula is C19H26N2O3. The van der Waals surface area contributed by atoms with E-state index in [1.165, 1.54) is 0 Å². The van der Waals surface area contributed by atoms with E-state index in [4.69, 9.17) is 9.47 Å². The molecule has 1 saturated carbocycles. The SMILES string of the molecule is CCCCOc1ccc(C(=O)N(C)C2(C#N)CCC2)cc1OCC. The summed E-state index contributed by atoms with van der Waals surface area (Å²) in [5.41, 5.74) is -0.135. The maximum atomic E-state index is 12.7. The summed E-state index contributed by atoms with van der Waals surface area (Å²) in [6.45, 7) is 5.13. The van der Waals surface area contributed by atoms with Crippen molar-refractivity contribution in [2.75, 3.05) is 20.3 Å². The van der Waals surface area contributed by atoms with Crippen molar-refractivity contribution in [3.05, 3.63) is 23.8 Å². The number of ether oxygens (including phenoxy) is 2. The molecule has 5 nitrogen and oxygen atoms in total. The number of rotatable bonds is 8. The lowest BCUT2D eigenvalue weighted by Crippen LogP contribution is -2.53. The third kappa shape index (κ3) is 3.64. The van der Waals surface area contributed by atoms with Gasteiger partial charge in [0.25, 0.3) is 5.91 Å². The van der Waals surface area contributed by atoms with Gasteiger partial charge in [-0.2, -0.15) is 5.26 Å². The summed E-state index contributed by atoms with van der Waals surface area (Å²) in [5, 5.41) is 9.42. The van der Waals surface area contributed by atoms with Crippen LogP contribution in [0.5, 0.6) is 11.5 Å². The smallest absolute Gasteiger partial charge is 0.255 e. The van der Waals surface area contributed by atoms with Gasteiger partial charge in [0.2, 0.25) is 0 Å². The zero-order chi connectivity index (χ0) is 17.6. The van der Waals surface area contributed by atoms with Gasteiger partial charge in [-0.1, -0.05) is 13.3 Å². The molecule has 0 bridgehead atoms. The van der Waals surface area contributed by atoms with Gasteiger partial charge in [-0.25, -0.2) is 0 Å². The molecule has 1 aliphatic carbocycles. The molecule has 0 aliphatic heterocycles.